The SMILES string of the molecule is CC(C)C1CCN(c2ncc(CO)cn2)C1. The van der Waals surface area contributed by atoms with Gasteiger partial charge in [0.05, 0.1) is 6.61 Å². The molecule has 1 aromatic rings. The molecule has 0 aromatic carbocycles. The van der Waals surface area contributed by atoms with Crippen molar-refractivity contribution in [2.45, 2.75) is 26.9 Å². The lowest BCUT2D eigenvalue weighted by Crippen LogP contribution is -2.23. The summed E-state index contributed by atoms with van der Waals surface area (Å²) in [6, 6.07) is 0. The molecule has 1 fully saturated rings. The summed E-state index contributed by atoms with van der Waals surface area (Å²) in [7, 11) is 0. The third kappa shape index (κ3) is 2.32. The number of anilines is 1. The van der Waals surface area contributed by atoms with E-state index in [1.54, 1.807) is 12.4 Å². The predicted molar refractivity (Wildman–Crippen MR) is 63.1 cm³/mol. The van der Waals surface area contributed by atoms with E-state index in [0.29, 0.717) is 0 Å². The molecule has 1 atom stereocenters. The number of rotatable bonds is 3. The molecule has 2 rings (SSSR count). The number of aromatic nitrogens is 2. The van der Waals surface area contributed by atoms with E-state index < -0.39 is 0 Å². The topological polar surface area (TPSA) is 49.2 Å². The average molecular weight is 221 g/mol. The normalized spacial score (nSPS) is 20.8. The van der Waals surface area contributed by atoms with Gasteiger partial charge in [-0.15, -0.1) is 0 Å². The van der Waals surface area contributed by atoms with Crippen LogP contribution in [0.3, 0.4) is 0 Å². The lowest BCUT2D eigenvalue weighted by Gasteiger charge is -2.17. The molecule has 0 aliphatic carbocycles. The molecule has 0 radical (unpaired) electrons. The highest BCUT2D eigenvalue weighted by Gasteiger charge is 2.26. The number of nitrogens with zero attached hydrogens (tertiary/aromatic N) is 3. The van der Waals surface area contributed by atoms with Crippen molar-refractivity contribution in [2.75, 3.05) is 18.0 Å². The van der Waals surface area contributed by atoms with Crippen molar-refractivity contribution in [3.63, 3.8) is 0 Å². The first kappa shape index (κ1) is 11.3. The van der Waals surface area contributed by atoms with Gasteiger partial charge in [-0.3, -0.25) is 0 Å². The Balaban J connectivity index is 2.03. The third-order valence-corrected chi connectivity index (χ3v) is 3.32. The highest BCUT2D eigenvalue weighted by molar-refractivity contribution is 5.31. The summed E-state index contributed by atoms with van der Waals surface area (Å²) >= 11 is 0. The predicted octanol–water partition coefficient (Wildman–Crippen LogP) is 1.45. The Morgan fingerprint density at radius 2 is 2.12 bits per heavy atom. The van der Waals surface area contributed by atoms with E-state index in [1.165, 1.54) is 6.42 Å². The molecule has 1 aliphatic heterocycles. The Hall–Kier alpha value is -1.16. The van der Waals surface area contributed by atoms with Crippen LogP contribution in [0.2, 0.25) is 0 Å². The first-order chi connectivity index (χ1) is 7.70. The summed E-state index contributed by atoms with van der Waals surface area (Å²) in [6.45, 7) is 6.64. The summed E-state index contributed by atoms with van der Waals surface area (Å²) in [6.07, 6.45) is 4.62. The molecule has 0 bridgehead atoms. The van der Waals surface area contributed by atoms with Crippen LogP contribution in [0.4, 0.5) is 5.95 Å². The van der Waals surface area contributed by atoms with Crippen LogP contribution in [-0.4, -0.2) is 28.2 Å². The fourth-order valence-electron chi connectivity index (χ4n) is 2.11. The fourth-order valence-corrected chi connectivity index (χ4v) is 2.11. The largest absolute Gasteiger partial charge is 0.392 e. The van der Waals surface area contributed by atoms with Crippen LogP contribution in [0.25, 0.3) is 0 Å². The van der Waals surface area contributed by atoms with E-state index in [2.05, 4.69) is 28.7 Å². The lowest BCUT2D eigenvalue weighted by molar-refractivity contribution is 0.281. The van der Waals surface area contributed by atoms with Gasteiger partial charge in [-0.1, -0.05) is 13.8 Å². The highest BCUT2D eigenvalue weighted by atomic mass is 16.3. The molecule has 4 nitrogen and oxygen atoms in total. The van der Waals surface area contributed by atoms with Crippen LogP contribution in [-0.2, 0) is 6.61 Å². The maximum absolute atomic E-state index is 8.92. The lowest BCUT2D eigenvalue weighted by atomic mass is 9.95. The molecule has 0 amide bonds. The second-order valence-corrected chi connectivity index (χ2v) is 4.79. The average Bonchev–Trinajstić information content (AvgIpc) is 2.78. The number of hydrogen-bond acceptors (Lipinski definition) is 4. The van der Waals surface area contributed by atoms with Crippen molar-refractivity contribution in [3.05, 3.63) is 18.0 Å². The van der Waals surface area contributed by atoms with Gasteiger partial charge >= 0.3 is 0 Å². The molecule has 1 unspecified atom stereocenters. The second-order valence-electron chi connectivity index (χ2n) is 4.79. The number of aliphatic hydroxyl groups excluding tert-OH is 1. The van der Waals surface area contributed by atoms with Crippen LogP contribution >= 0.6 is 0 Å². The Morgan fingerprint density at radius 3 is 2.62 bits per heavy atom. The van der Waals surface area contributed by atoms with E-state index >= 15 is 0 Å². The van der Waals surface area contributed by atoms with E-state index in [4.69, 9.17) is 5.11 Å². The minimum atomic E-state index is 0.00883. The van der Waals surface area contributed by atoms with Crippen molar-refractivity contribution >= 4 is 5.95 Å². The molecule has 88 valence electrons. The maximum Gasteiger partial charge on any atom is 0.225 e. The molecular weight excluding hydrogens is 202 g/mol. The van der Waals surface area contributed by atoms with Crippen LogP contribution in [0, 0.1) is 11.8 Å². The molecule has 16 heavy (non-hydrogen) atoms. The first-order valence-corrected chi connectivity index (χ1v) is 5.87. The van der Waals surface area contributed by atoms with Gasteiger partial charge in [-0.05, 0) is 18.3 Å². The standard InChI is InChI=1S/C12H19N3O/c1-9(2)11-3-4-15(7-11)12-13-5-10(8-16)6-14-12/h5-6,9,11,16H,3-4,7-8H2,1-2H3. The van der Waals surface area contributed by atoms with Gasteiger partial charge in [0.25, 0.3) is 0 Å². The molecule has 1 aliphatic rings. The monoisotopic (exact) mass is 221 g/mol. The summed E-state index contributed by atoms with van der Waals surface area (Å²) in [5, 5.41) is 8.92. The van der Waals surface area contributed by atoms with Crippen molar-refractivity contribution in [1.82, 2.24) is 9.97 Å². The van der Waals surface area contributed by atoms with Crippen LogP contribution in [0.5, 0.6) is 0 Å². The van der Waals surface area contributed by atoms with Crippen LogP contribution in [0.15, 0.2) is 12.4 Å². The second kappa shape index (κ2) is 4.78. The van der Waals surface area contributed by atoms with Gasteiger partial charge in [-0.2, -0.15) is 0 Å². The molecule has 1 aromatic heterocycles. The molecular formula is C12H19N3O. The zero-order valence-corrected chi connectivity index (χ0v) is 9.93. The van der Waals surface area contributed by atoms with Crippen molar-refractivity contribution in [2.24, 2.45) is 11.8 Å². The van der Waals surface area contributed by atoms with Gasteiger partial charge < -0.3 is 10.0 Å². The quantitative estimate of drug-likeness (QED) is 0.839. The fraction of sp³-hybridized carbons (Fsp3) is 0.667. The van der Waals surface area contributed by atoms with Gasteiger partial charge in [-0.25, -0.2) is 9.97 Å². The van der Waals surface area contributed by atoms with Crippen molar-refractivity contribution in [3.8, 4) is 0 Å². The van der Waals surface area contributed by atoms with E-state index in [0.717, 1.165) is 36.4 Å². The summed E-state index contributed by atoms with van der Waals surface area (Å²) in [5.41, 5.74) is 0.767. The maximum atomic E-state index is 8.92. The van der Waals surface area contributed by atoms with Gasteiger partial charge in [0.15, 0.2) is 0 Å². The Kier molecular flexibility index (Phi) is 3.39. The number of hydrogen-bond donors (Lipinski definition) is 1. The van der Waals surface area contributed by atoms with Crippen LogP contribution in [0.1, 0.15) is 25.8 Å². The van der Waals surface area contributed by atoms with Gasteiger partial charge in [0.1, 0.15) is 0 Å². The molecule has 0 spiro atoms. The molecule has 4 heteroatoms. The molecule has 2 heterocycles. The first-order valence-electron chi connectivity index (χ1n) is 5.87. The molecule has 0 saturated carbocycles. The molecule has 1 N–H and O–H groups in total. The summed E-state index contributed by atoms with van der Waals surface area (Å²) < 4.78 is 0. The third-order valence-electron chi connectivity index (χ3n) is 3.32. The van der Waals surface area contributed by atoms with Crippen LogP contribution < -0.4 is 4.90 Å². The number of aliphatic hydroxyl groups is 1. The van der Waals surface area contributed by atoms with Crippen molar-refractivity contribution < 1.29 is 5.11 Å². The highest BCUT2D eigenvalue weighted by Crippen LogP contribution is 2.25. The summed E-state index contributed by atoms with van der Waals surface area (Å²) in [4.78, 5) is 10.8. The zero-order valence-electron chi connectivity index (χ0n) is 9.93. The summed E-state index contributed by atoms with van der Waals surface area (Å²) in [5.74, 6) is 2.27. The molecule has 1 saturated heterocycles. The smallest absolute Gasteiger partial charge is 0.225 e. The zero-order chi connectivity index (χ0) is 11.5. The Labute approximate surface area is 96.3 Å². The van der Waals surface area contributed by atoms with E-state index in [-0.39, 0.29) is 6.61 Å². The minimum absolute atomic E-state index is 0.00883. The van der Waals surface area contributed by atoms with Gasteiger partial charge in [0.2, 0.25) is 5.95 Å². The Bertz CT molecular complexity index is 337. The van der Waals surface area contributed by atoms with E-state index in [9.17, 15) is 0 Å². The van der Waals surface area contributed by atoms with E-state index in [1.807, 2.05) is 0 Å². The van der Waals surface area contributed by atoms with Gasteiger partial charge in [0, 0.05) is 31.0 Å². The minimum Gasteiger partial charge on any atom is -0.392 e. The Morgan fingerprint density at radius 1 is 1.44 bits per heavy atom. The van der Waals surface area contributed by atoms with Crippen molar-refractivity contribution in [1.29, 1.82) is 0 Å².